The molecule has 2 nitrogen and oxygen atoms in total. The normalized spacial score (nSPS) is 27.3. The van der Waals surface area contributed by atoms with E-state index in [4.69, 9.17) is 4.74 Å². The predicted octanol–water partition coefficient (Wildman–Crippen LogP) is 4.34. The summed E-state index contributed by atoms with van der Waals surface area (Å²) in [6.07, 6.45) is 4.82. The van der Waals surface area contributed by atoms with Gasteiger partial charge in [0.1, 0.15) is 18.1 Å². The van der Waals surface area contributed by atoms with Gasteiger partial charge in [0, 0.05) is 5.56 Å². The van der Waals surface area contributed by atoms with Crippen molar-refractivity contribution in [3.05, 3.63) is 29.8 Å². The van der Waals surface area contributed by atoms with E-state index in [1.807, 2.05) is 24.3 Å². The summed E-state index contributed by atoms with van der Waals surface area (Å²) in [5.74, 6) is 2.83. The molecule has 19 heavy (non-hydrogen) atoms. The van der Waals surface area contributed by atoms with Crippen LogP contribution in [0, 0.1) is 17.8 Å². The van der Waals surface area contributed by atoms with Gasteiger partial charge < -0.3 is 4.74 Å². The van der Waals surface area contributed by atoms with Crippen molar-refractivity contribution >= 4 is 6.29 Å². The highest BCUT2D eigenvalue weighted by Gasteiger charge is 2.32. The number of aldehydes is 1. The van der Waals surface area contributed by atoms with Gasteiger partial charge in [-0.25, -0.2) is 0 Å². The fourth-order valence-electron chi connectivity index (χ4n) is 3.09. The molecule has 1 aromatic rings. The third-order valence-corrected chi connectivity index (χ3v) is 4.24. The SMILES string of the molecule is CC1CCC(C(C)C)C(Oc2cccc(C=O)c2)C1. The molecule has 3 atom stereocenters. The molecular formula is C17H24O2. The van der Waals surface area contributed by atoms with Gasteiger partial charge in [0.25, 0.3) is 0 Å². The van der Waals surface area contributed by atoms with Crippen LogP contribution in [0.4, 0.5) is 0 Å². The standard InChI is InChI=1S/C17H24O2/c1-12(2)16-8-7-13(3)9-17(16)19-15-6-4-5-14(10-15)11-18/h4-6,10-13,16-17H,7-9H2,1-3H3. The molecule has 0 radical (unpaired) electrons. The number of rotatable bonds is 4. The Labute approximate surface area is 116 Å². The number of carbonyl (C=O) groups is 1. The van der Waals surface area contributed by atoms with Crippen LogP contribution in [0.5, 0.6) is 5.75 Å². The number of hydrogen-bond donors (Lipinski definition) is 0. The summed E-state index contributed by atoms with van der Waals surface area (Å²) < 4.78 is 6.18. The van der Waals surface area contributed by atoms with Crippen molar-refractivity contribution in [3.63, 3.8) is 0 Å². The van der Waals surface area contributed by atoms with Crippen molar-refractivity contribution in [3.8, 4) is 5.75 Å². The first-order chi connectivity index (χ1) is 9.10. The minimum atomic E-state index is 0.283. The van der Waals surface area contributed by atoms with Crippen LogP contribution in [-0.2, 0) is 0 Å². The lowest BCUT2D eigenvalue weighted by atomic mass is 9.75. The molecule has 3 unspecified atom stereocenters. The Bertz CT molecular complexity index is 425. The quantitative estimate of drug-likeness (QED) is 0.753. The van der Waals surface area contributed by atoms with Crippen molar-refractivity contribution < 1.29 is 9.53 Å². The van der Waals surface area contributed by atoms with E-state index in [0.717, 1.165) is 24.4 Å². The lowest BCUT2D eigenvalue weighted by Crippen LogP contribution is -2.36. The zero-order valence-corrected chi connectivity index (χ0v) is 12.1. The molecule has 1 fully saturated rings. The first kappa shape index (κ1) is 14.1. The van der Waals surface area contributed by atoms with Crippen LogP contribution in [-0.4, -0.2) is 12.4 Å². The van der Waals surface area contributed by atoms with Crippen molar-refractivity contribution in [2.75, 3.05) is 0 Å². The Morgan fingerprint density at radius 2 is 2.11 bits per heavy atom. The number of carbonyl (C=O) groups excluding carboxylic acids is 1. The van der Waals surface area contributed by atoms with Gasteiger partial charge in [-0.2, -0.15) is 0 Å². The summed E-state index contributed by atoms with van der Waals surface area (Å²) in [7, 11) is 0. The molecule has 1 aliphatic rings. The third kappa shape index (κ3) is 3.59. The van der Waals surface area contributed by atoms with E-state index in [1.54, 1.807) is 0 Å². The molecular weight excluding hydrogens is 236 g/mol. The maximum atomic E-state index is 10.8. The Morgan fingerprint density at radius 3 is 2.79 bits per heavy atom. The molecule has 0 aliphatic heterocycles. The lowest BCUT2D eigenvalue weighted by molar-refractivity contribution is 0.0459. The minimum absolute atomic E-state index is 0.283. The second-order valence-electron chi connectivity index (χ2n) is 6.17. The Balaban J connectivity index is 2.11. The first-order valence-electron chi connectivity index (χ1n) is 7.32. The number of hydrogen-bond acceptors (Lipinski definition) is 2. The zero-order chi connectivity index (χ0) is 13.8. The van der Waals surface area contributed by atoms with Gasteiger partial charge in [-0.15, -0.1) is 0 Å². The summed E-state index contributed by atoms with van der Waals surface area (Å²) in [6.45, 7) is 6.85. The van der Waals surface area contributed by atoms with E-state index in [2.05, 4.69) is 20.8 Å². The van der Waals surface area contributed by atoms with Crippen LogP contribution in [0.25, 0.3) is 0 Å². The molecule has 104 valence electrons. The molecule has 1 aliphatic carbocycles. The highest BCUT2D eigenvalue weighted by molar-refractivity contribution is 5.75. The Hall–Kier alpha value is -1.31. The highest BCUT2D eigenvalue weighted by Crippen LogP contribution is 2.36. The van der Waals surface area contributed by atoms with Gasteiger partial charge in [-0.1, -0.05) is 39.3 Å². The second kappa shape index (κ2) is 6.23. The van der Waals surface area contributed by atoms with Crippen LogP contribution in [0.2, 0.25) is 0 Å². The molecule has 0 N–H and O–H groups in total. The van der Waals surface area contributed by atoms with Gasteiger partial charge in [-0.3, -0.25) is 4.79 Å². The molecule has 0 saturated heterocycles. The van der Waals surface area contributed by atoms with Crippen molar-refractivity contribution in [2.45, 2.75) is 46.1 Å². The molecule has 2 heteroatoms. The van der Waals surface area contributed by atoms with Gasteiger partial charge in [0.15, 0.2) is 0 Å². The van der Waals surface area contributed by atoms with Gasteiger partial charge in [0.2, 0.25) is 0 Å². The van der Waals surface area contributed by atoms with Gasteiger partial charge in [0.05, 0.1) is 0 Å². The van der Waals surface area contributed by atoms with E-state index in [0.29, 0.717) is 17.4 Å². The molecule has 0 heterocycles. The fourth-order valence-corrected chi connectivity index (χ4v) is 3.09. The van der Waals surface area contributed by atoms with Crippen molar-refractivity contribution in [1.29, 1.82) is 0 Å². The summed E-state index contributed by atoms with van der Waals surface area (Å²) in [5.41, 5.74) is 0.683. The van der Waals surface area contributed by atoms with E-state index in [9.17, 15) is 4.79 Å². The van der Waals surface area contributed by atoms with Crippen LogP contribution < -0.4 is 4.74 Å². The van der Waals surface area contributed by atoms with Gasteiger partial charge >= 0.3 is 0 Å². The molecule has 0 amide bonds. The average Bonchev–Trinajstić information content (AvgIpc) is 2.38. The summed E-state index contributed by atoms with van der Waals surface area (Å²) >= 11 is 0. The van der Waals surface area contributed by atoms with E-state index in [1.165, 1.54) is 12.8 Å². The maximum absolute atomic E-state index is 10.8. The summed E-state index contributed by atoms with van der Waals surface area (Å²) in [5, 5.41) is 0. The summed E-state index contributed by atoms with van der Waals surface area (Å²) in [6, 6.07) is 7.48. The molecule has 2 rings (SSSR count). The molecule has 0 aromatic heterocycles. The predicted molar refractivity (Wildman–Crippen MR) is 77.6 cm³/mol. The fraction of sp³-hybridized carbons (Fsp3) is 0.588. The average molecular weight is 260 g/mol. The summed E-state index contributed by atoms with van der Waals surface area (Å²) in [4.78, 5) is 10.8. The van der Waals surface area contributed by atoms with Gasteiger partial charge in [-0.05, 0) is 42.7 Å². The number of benzene rings is 1. The third-order valence-electron chi connectivity index (χ3n) is 4.24. The van der Waals surface area contributed by atoms with E-state index in [-0.39, 0.29) is 6.10 Å². The first-order valence-corrected chi connectivity index (χ1v) is 7.32. The second-order valence-corrected chi connectivity index (χ2v) is 6.17. The van der Waals surface area contributed by atoms with Crippen molar-refractivity contribution in [1.82, 2.24) is 0 Å². The van der Waals surface area contributed by atoms with Crippen LogP contribution in [0.15, 0.2) is 24.3 Å². The number of ether oxygens (including phenoxy) is 1. The van der Waals surface area contributed by atoms with Crippen LogP contribution in [0.3, 0.4) is 0 Å². The largest absolute Gasteiger partial charge is 0.490 e. The molecule has 1 aromatic carbocycles. The smallest absolute Gasteiger partial charge is 0.150 e. The Kier molecular flexibility index (Phi) is 4.62. The molecule has 0 bridgehead atoms. The van der Waals surface area contributed by atoms with Crippen LogP contribution >= 0.6 is 0 Å². The lowest BCUT2D eigenvalue weighted by Gasteiger charge is -2.37. The highest BCUT2D eigenvalue weighted by atomic mass is 16.5. The van der Waals surface area contributed by atoms with Crippen molar-refractivity contribution in [2.24, 2.45) is 17.8 Å². The zero-order valence-electron chi connectivity index (χ0n) is 12.1. The maximum Gasteiger partial charge on any atom is 0.150 e. The molecule has 1 saturated carbocycles. The van der Waals surface area contributed by atoms with Crippen LogP contribution in [0.1, 0.15) is 50.4 Å². The monoisotopic (exact) mass is 260 g/mol. The topological polar surface area (TPSA) is 26.3 Å². The molecule has 0 spiro atoms. The van der Waals surface area contributed by atoms with E-state index >= 15 is 0 Å². The minimum Gasteiger partial charge on any atom is -0.490 e. The Morgan fingerprint density at radius 1 is 1.32 bits per heavy atom. The van der Waals surface area contributed by atoms with E-state index < -0.39 is 0 Å².